The Morgan fingerprint density at radius 2 is 1.14 bits per heavy atom. The van der Waals surface area contributed by atoms with E-state index in [1.54, 1.807) is 0 Å². The first-order chi connectivity index (χ1) is 14.1. The van der Waals surface area contributed by atoms with Crippen molar-refractivity contribution in [3.63, 3.8) is 0 Å². The van der Waals surface area contributed by atoms with Gasteiger partial charge in [-0.1, -0.05) is 106 Å². The van der Waals surface area contributed by atoms with Gasteiger partial charge in [0.05, 0.1) is 0 Å². The van der Waals surface area contributed by atoms with Crippen molar-refractivity contribution in [3.8, 4) is 11.1 Å². The van der Waals surface area contributed by atoms with Gasteiger partial charge in [0.2, 0.25) is 0 Å². The highest BCUT2D eigenvalue weighted by molar-refractivity contribution is 9.10. The molecule has 0 aliphatic heterocycles. The average Bonchev–Trinajstić information content (AvgIpc) is 2.72. The molecule has 4 aromatic carbocycles. The topological polar surface area (TPSA) is 0 Å². The molecule has 0 fully saturated rings. The van der Waals surface area contributed by atoms with Gasteiger partial charge in [-0.15, -0.1) is 0 Å². The molecule has 0 saturated carbocycles. The molecule has 0 aromatic heterocycles. The number of rotatable bonds is 4. The molecule has 0 spiro atoms. The first-order valence-electron chi connectivity index (χ1n) is 9.52. The molecule has 0 nitrogen and oxygen atoms in total. The predicted octanol–water partition coefficient (Wildman–Crippen LogP) is 7.14. The van der Waals surface area contributed by atoms with Gasteiger partial charge in [0, 0.05) is 15.1 Å². The predicted molar refractivity (Wildman–Crippen MR) is 133 cm³/mol. The molecule has 0 unspecified atom stereocenters. The highest BCUT2D eigenvalue weighted by atomic mass is 79.9. The molecule has 0 bridgehead atoms. The fourth-order valence-corrected chi connectivity index (χ4v) is 7.28. The van der Waals surface area contributed by atoms with Crippen LogP contribution in [-0.4, -0.2) is 0 Å². The monoisotopic (exact) mass is 478 g/mol. The van der Waals surface area contributed by atoms with Gasteiger partial charge in [0.15, 0.2) is 0 Å². The standard InChI is InChI=1S/C26H21BrClP/c1-18-10-3-7-15-23(18)29(24-16-8-4-11-19(24)2)25-17-9-14-22(28)26(25)20-12-5-6-13-21(20)27/h3-17H,1-2H3. The molecule has 0 aliphatic rings. The molecule has 0 amide bonds. The zero-order valence-corrected chi connectivity index (χ0v) is 19.6. The average molecular weight is 480 g/mol. The molecule has 4 rings (SSSR count). The molecule has 0 heterocycles. The first-order valence-corrected chi connectivity index (χ1v) is 12.0. The summed E-state index contributed by atoms with van der Waals surface area (Å²) in [6.45, 7) is 4.40. The third-order valence-electron chi connectivity index (χ3n) is 5.09. The van der Waals surface area contributed by atoms with Crippen molar-refractivity contribution in [1.82, 2.24) is 0 Å². The number of hydrogen-bond acceptors (Lipinski definition) is 0. The summed E-state index contributed by atoms with van der Waals surface area (Å²) in [7, 11) is -0.766. The maximum absolute atomic E-state index is 6.82. The maximum atomic E-state index is 6.82. The minimum absolute atomic E-state index is 0.766. The van der Waals surface area contributed by atoms with Crippen LogP contribution in [0.15, 0.2) is 95.5 Å². The highest BCUT2D eigenvalue weighted by Crippen LogP contribution is 2.42. The number of benzene rings is 4. The number of hydrogen-bond donors (Lipinski definition) is 0. The Hall–Kier alpha value is -1.92. The summed E-state index contributed by atoms with van der Waals surface area (Å²) >= 11 is 10.6. The van der Waals surface area contributed by atoms with Gasteiger partial charge in [-0.3, -0.25) is 0 Å². The number of halogens is 2. The van der Waals surface area contributed by atoms with Crippen molar-refractivity contribution in [3.05, 3.63) is 112 Å². The molecule has 0 saturated heterocycles. The molecule has 3 heteroatoms. The van der Waals surface area contributed by atoms with E-state index in [0.29, 0.717) is 0 Å². The fourth-order valence-electron chi connectivity index (χ4n) is 3.65. The van der Waals surface area contributed by atoms with Gasteiger partial charge in [0.25, 0.3) is 0 Å². The Balaban J connectivity index is 2.06. The molecule has 0 radical (unpaired) electrons. The second kappa shape index (κ2) is 8.84. The third-order valence-corrected chi connectivity index (χ3v) is 8.92. The quantitative estimate of drug-likeness (QED) is 0.273. The third kappa shape index (κ3) is 4.05. The van der Waals surface area contributed by atoms with Crippen molar-refractivity contribution in [1.29, 1.82) is 0 Å². The van der Waals surface area contributed by atoms with Crippen molar-refractivity contribution < 1.29 is 0 Å². The lowest BCUT2D eigenvalue weighted by Crippen LogP contribution is -2.25. The minimum atomic E-state index is -0.766. The summed E-state index contributed by atoms with van der Waals surface area (Å²) < 4.78 is 1.05. The summed E-state index contributed by atoms with van der Waals surface area (Å²) in [5.41, 5.74) is 4.85. The Morgan fingerprint density at radius 3 is 1.72 bits per heavy atom. The lowest BCUT2D eigenvalue weighted by Gasteiger charge is -2.26. The van der Waals surface area contributed by atoms with E-state index in [0.717, 1.165) is 20.6 Å². The Morgan fingerprint density at radius 1 is 0.621 bits per heavy atom. The van der Waals surface area contributed by atoms with E-state index in [-0.39, 0.29) is 0 Å². The molecule has 0 atom stereocenters. The van der Waals surface area contributed by atoms with Crippen LogP contribution in [0.25, 0.3) is 11.1 Å². The Bertz CT molecular complexity index is 1120. The largest absolute Gasteiger partial charge is 0.0836 e. The SMILES string of the molecule is Cc1ccccc1P(c1ccccc1C)c1cccc(Cl)c1-c1ccccc1Br. The lowest BCUT2D eigenvalue weighted by molar-refractivity contribution is 1.50. The van der Waals surface area contributed by atoms with Crippen LogP contribution < -0.4 is 15.9 Å². The first kappa shape index (κ1) is 20.4. The van der Waals surface area contributed by atoms with E-state index in [4.69, 9.17) is 11.6 Å². The van der Waals surface area contributed by atoms with E-state index in [9.17, 15) is 0 Å². The summed E-state index contributed by atoms with van der Waals surface area (Å²) in [5, 5.41) is 4.80. The van der Waals surface area contributed by atoms with Crippen LogP contribution in [0.3, 0.4) is 0 Å². The van der Waals surface area contributed by atoms with E-state index in [1.165, 1.54) is 27.0 Å². The molecule has 0 aliphatic carbocycles. The minimum Gasteiger partial charge on any atom is -0.0836 e. The molecular weight excluding hydrogens is 459 g/mol. The summed E-state index contributed by atoms with van der Waals surface area (Å²) in [5.74, 6) is 0. The maximum Gasteiger partial charge on any atom is 0.0491 e. The molecule has 0 N–H and O–H groups in total. The molecule has 144 valence electrons. The van der Waals surface area contributed by atoms with Gasteiger partial charge >= 0.3 is 0 Å². The van der Waals surface area contributed by atoms with Crippen molar-refractivity contribution in [2.24, 2.45) is 0 Å². The van der Waals surface area contributed by atoms with Crippen LogP contribution in [0.2, 0.25) is 5.02 Å². The van der Waals surface area contributed by atoms with Crippen LogP contribution in [0.5, 0.6) is 0 Å². The van der Waals surface area contributed by atoms with Crippen LogP contribution >= 0.6 is 35.5 Å². The van der Waals surface area contributed by atoms with Gasteiger partial charge < -0.3 is 0 Å². The van der Waals surface area contributed by atoms with E-state index in [2.05, 4.69) is 109 Å². The summed E-state index contributed by atoms with van der Waals surface area (Å²) in [4.78, 5) is 0. The fraction of sp³-hybridized carbons (Fsp3) is 0.0769. The normalized spacial score (nSPS) is 11.1. The van der Waals surface area contributed by atoms with Gasteiger partial charge in [0.1, 0.15) is 0 Å². The van der Waals surface area contributed by atoms with Gasteiger partial charge in [-0.05, 0) is 66.5 Å². The zero-order valence-electron chi connectivity index (χ0n) is 16.4. The Kier molecular flexibility index (Phi) is 6.20. The number of aryl methyl sites for hydroxylation is 2. The molecular formula is C26H21BrClP. The van der Waals surface area contributed by atoms with E-state index in [1.807, 2.05) is 12.1 Å². The van der Waals surface area contributed by atoms with Gasteiger partial charge in [-0.25, -0.2) is 0 Å². The molecule has 4 aromatic rings. The van der Waals surface area contributed by atoms with Crippen LogP contribution in [0.1, 0.15) is 11.1 Å². The van der Waals surface area contributed by atoms with Crippen molar-refractivity contribution in [2.75, 3.05) is 0 Å². The second-order valence-corrected chi connectivity index (χ2v) is 10.4. The van der Waals surface area contributed by atoms with Crippen molar-refractivity contribution >= 4 is 51.4 Å². The Labute approximate surface area is 187 Å². The van der Waals surface area contributed by atoms with Crippen LogP contribution in [0, 0.1) is 13.8 Å². The summed E-state index contributed by atoms with van der Waals surface area (Å²) in [6, 6.07) is 32.0. The lowest BCUT2D eigenvalue weighted by atomic mass is 10.1. The highest BCUT2D eigenvalue weighted by Gasteiger charge is 2.24. The summed E-state index contributed by atoms with van der Waals surface area (Å²) in [6.07, 6.45) is 0. The van der Waals surface area contributed by atoms with Crippen LogP contribution in [-0.2, 0) is 0 Å². The molecule has 29 heavy (non-hydrogen) atoms. The zero-order chi connectivity index (χ0) is 20.4. The van der Waals surface area contributed by atoms with Crippen molar-refractivity contribution in [2.45, 2.75) is 13.8 Å². The van der Waals surface area contributed by atoms with Crippen LogP contribution in [0.4, 0.5) is 0 Å². The van der Waals surface area contributed by atoms with E-state index >= 15 is 0 Å². The smallest absolute Gasteiger partial charge is 0.0491 e. The van der Waals surface area contributed by atoms with Gasteiger partial charge in [-0.2, -0.15) is 0 Å². The van der Waals surface area contributed by atoms with E-state index < -0.39 is 7.92 Å². The second-order valence-electron chi connectivity index (χ2n) is 7.02.